The summed E-state index contributed by atoms with van der Waals surface area (Å²) in [5.41, 5.74) is 0.869. The fraction of sp³-hybridized carbons (Fsp3) is 0.500. The lowest BCUT2D eigenvalue weighted by Crippen LogP contribution is -2.40. The number of anilines is 1. The average Bonchev–Trinajstić information content (AvgIpc) is 2.45. The lowest BCUT2D eigenvalue weighted by atomic mass is 10.3. The van der Waals surface area contributed by atoms with Crippen LogP contribution in [0.1, 0.15) is 12.1 Å². The zero-order valence-electron chi connectivity index (χ0n) is 12.8. The Kier molecular flexibility index (Phi) is 7.81. The molecule has 0 radical (unpaired) electrons. The molecule has 21 heavy (non-hydrogen) atoms. The molecule has 7 nitrogen and oxygen atoms in total. The first-order valence-electron chi connectivity index (χ1n) is 6.82. The van der Waals surface area contributed by atoms with E-state index >= 15 is 0 Å². The van der Waals surface area contributed by atoms with Gasteiger partial charge >= 0.3 is 0 Å². The lowest BCUT2D eigenvalue weighted by Gasteiger charge is -2.11. The minimum absolute atomic E-state index is 0.0899. The van der Waals surface area contributed by atoms with E-state index in [2.05, 4.69) is 25.9 Å². The highest BCUT2D eigenvalue weighted by atomic mass is 16.5. The van der Waals surface area contributed by atoms with E-state index in [1.807, 2.05) is 19.1 Å². The Hall–Kier alpha value is -2.15. The average molecular weight is 293 g/mol. The van der Waals surface area contributed by atoms with Gasteiger partial charge in [0.1, 0.15) is 5.82 Å². The van der Waals surface area contributed by atoms with Gasteiger partial charge in [-0.25, -0.2) is 4.98 Å². The molecule has 1 heterocycles. The second-order valence-electron chi connectivity index (χ2n) is 4.38. The number of guanidine groups is 1. The number of carbonyl (C=O) groups excluding carboxylic acids is 1. The van der Waals surface area contributed by atoms with Crippen LogP contribution in [0.3, 0.4) is 0 Å². The minimum Gasteiger partial charge on any atom is -0.383 e. The summed E-state index contributed by atoms with van der Waals surface area (Å²) in [6, 6.07) is 5.51. The molecular formula is C14H23N5O2. The molecule has 0 saturated carbocycles. The maximum atomic E-state index is 11.8. The van der Waals surface area contributed by atoms with Crippen molar-refractivity contribution in [3.05, 3.63) is 23.9 Å². The van der Waals surface area contributed by atoms with E-state index in [-0.39, 0.29) is 5.91 Å². The van der Waals surface area contributed by atoms with E-state index in [1.165, 1.54) is 0 Å². The Morgan fingerprint density at radius 3 is 2.76 bits per heavy atom. The maximum Gasteiger partial charge on any atom is 0.227 e. The lowest BCUT2D eigenvalue weighted by molar-refractivity contribution is -0.116. The number of carbonyl (C=O) groups is 1. The number of aliphatic imine (C=N–C) groups is 1. The number of hydrogen-bond donors (Lipinski definition) is 3. The van der Waals surface area contributed by atoms with Crippen LogP contribution in [0.4, 0.5) is 5.82 Å². The first kappa shape index (κ1) is 16.9. The van der Waals surface area contributed by atoms with Crippen LogP contribution in [-0.2, 0) is 9.53 Å². The summed E-state index contributed by atoms with van der Waals surface area (Å²) in [4.78, 5) is 20.0. The van der Waals surface area contributed by atoms with Gasteiger partial charge < -0.3 is 20.7 Å². The summed E-state index contributed by atoms with van der Waals surface area (Å²) in [5.74, 6) is 1.13. The van der Waals surface area contributed by atoms with Gasteiger partial charge in [0.25, 0.3) is 0 Å². The third kappa shape index (κ3) is 7.26. The van der Waals surface area contributed by atoms with Crippen molar-refractivity contribution in [2.45, 2.75) is 13.3 Å². The van der Waals surface area contributed by atoms with Crippen molar-refractivity contribution in [2.24, 2.45) is 4.99 Å². The summed E-state index contributed by atoms with van der Waals surface area (Å²) < 4.78 is 4.94. The summed E-state index contributed by atoms with van der Waals surface area (Å²) in [7, 11) is 3.32. The molecule has 1 aromatic rings. The quantitative estimate of drug-likeness (QED) is 0.388. The van der Waals surface area contributed by atoms with Gasteiger partial charge in [0, 0.05) is 39.4 Å². The zero-order valence-corrected chi connectivity index (χ0v) is 12.8. The molecule has 0 unspecified atom stereocenters. The van der Waals surface area contributed by atoms with Crippen LogP contribution in [0.25, 0.3) is 0 Å². The second-order valence-corrected chi connectivity index (χ2v) is 4.38. The number of methoxy groups -OCH3 is 1. The molecule has 0 spiro atoms. The van der Waals surface area contributed by atoms with Crippen LogP contribution in [0.15, 0.2) is 23.2 Å². The zero-order chi connectivity index (χ0) is 15.5. The summed E-state index contributed by atoms with van der Waals surface area (Å²) >= 11 is 0. The third-order valence-electron chi connectivity index (χ3n) is 2.62. The van der Waals surface area contributed by atoms with Gasteiger partial charge in [0.05, 0.1) is 6.61 Å². The minimum atomic E-state index is -0.0899. The molecule has 0 bridgehead atoms. The van der Waals surface area contributed by atoms with Crippen LogP contribution in [0.2, 0.25) is 0 Å². The molecule has 0 aromatic carbocycles. The van der Waals surface area contributed by atoms with E-state index < -0.39 is 0 Å². The smallest absolute Gasteiger partial charge is 0.227 e. The van der Waals surface area contributed by atoms with E-state index in [1.54, 1.807) is 20.2 Å². The molecule has 1 aromatic heterocycles. The number of hydrogen-bond acceptors (Lipinski definition) is 4. The predicted molar refractivity (Wildman–Crippen MR) is 83.5 cm³/mol. The number of pyridine rings is 1. The van der Waals surface area contributed by atoms with Crippen LogP contribution in [-0.4, -0.2) is 50.7 Å². The SMILES string of the molecule is CN=C(NCCOC)NCCC(=O)Nc1cccc(C)n1. The van der Waals surface area contributed by atoms with Gasteiger partial charge in [-0.2, -0.15) is 0 Å². The van der Waals surface area contributed by atoms with E-state index in [4.69, 9.17) is 4.74 Å². The molecular weight excluding hydrogens is 270 g/mol. The molecule has 0 fully saturated rings. The van der Waals surface area contributed by atoms with Gasteiger partial charge in [-0.15, -0.1) is 0 Å². The molecule has 1 rings (SSSR count). The number of nitrogens with one attached hydrogen (secondary N) is 3. The first-order valence-corrected chi connectivity index (χ1v) is 6.82. The van der Waals surface area contributed by atoms with Crippen LogP contribution >= 0.6 is 0 Å². The number of rotatable bonds is 7. The molecule has 0 aliphatic heterocycles. The van der Waals surface area contributed by atoms with E-state index in [0.29, 0.717) is 37.9 Å². The Morgan fingerprint density at radius 2 is 2.10 bits per heavy atom. The number of aromatic nitrogens is 1. The van der Waals surface area contributed by atoms with Crippen molar-refractivity contribution in [3.8, 4) is 0 Å². The van der Waals surface area contributed by atoms with Crippen LogP contribution in [0.5, 0.6) is 0 Å². The van der Waals surface area contributed by atoms with Crippen molar-refractivity contribution in [2.75, 3.05) is 39.2 Å². The Labute approximate surface area is 125 Å². The molecule has 0 atom stereocenters. The van der Waals surface area contributed by atoms with Crippen molar-refractivity contribution >= 4 is 17.7 Å². The van der Waals surface area contributed by atoms with E-state index in [0.717, 1.165) is 5.69 Å². The number of aryl methyl sites for hydroxylation is 1. The molecule has 1 amide bonds. The van der Waals surface area contributed by atoms with Gasteiger partial charge in [-0.3, -0.25) is 9.79 Å². The highest BCUT2D eigenvalue weighted by Crippen LogP contribution is 2.03. The van der Waals surface area contributed by atoms with Gasteiger partial charge in [-0.1, -0.05) is 6.07 Å². The summed E-state index contributed by atoms with van der Waals surface area (Å²) in [6.07, 6.45) is 0.334. The van der Waals surface area contributed by atoms with E-state index in [9.17, 15) is 4.79 Å². The monoisotopic (exact) mass is 293 g/mol. The first-order chi connectivity index (χ1) is 10.2. The highest BCUT2D eigenvalue weighted by Gasteiger charge is 2.04. The fourth-order valence-corrected chi connectivity index (χ4v) is 1.60. The Morgan fingerprint density at radius 1 is 1.33 bits per heavy atom. The maximum absolute atomic E-state index is 11.8. The molecule has 0 saturated heterocycles. The molecule has 116 valence electrons. The van der Waals surface area contributed by atoms with Gasteiger partial charge in [-0.05, 0) is 19.1 Å². The van der Waals surface area contributed by atoms with Crippen molar-refractivity contribution in [1.82, 2.24) is 15.6 Å². The molecule has 3 N–H and O–H groups in total. The number of nitrogens with zero attached hydrogens (tertiary/aromatic N) is 2. The summed E-state index contributed by atoms with van der Waals surface area (Å²) in [6.45, 7) is 3.63. The normalized spacial score (nSPS) is 11.1. The highest BCUT2D eigenvalue weighted by molar-refractivity contribution is 5.90. The standard InChI is InChI=1S/C14H23N5O2/c1-11-5-4-6-12(18-11)19-13(20)7-8-16-14(15-2)17-9-10-21-3/h4-6H,7-10H2,1-3H3,(H2,15,16,17)(H,18,19,20). The number of amides is 1. The predicted octanol–water partition coefficient (Wildman–Crippen LogP) is 0.530. The summed E-state index contributed by atoms with van der Waals surface area (Å²) in [5, 5.41) is 8.89. The van der Waals surface area contributed by atoms with Crippen molar-refractivity contribution in [1.29, 1.82) is 0 Å². The van der Waals surface area contributed by atoms with Gasteiger partial charge in [0.15, 0.2) is 5.96 Å². The van der Waals surface area contributed by atoms with Crippen LogP contribution < -0.4 is 16.0 Å². The largest absolute Gasteiger partial charge is 0.383 e. The second kappa shape index (κ2) is 9.71. The fourth-order valence-electron chi connectivity index (χ4n) is 1.60. The van der Waals surface area contributed by atoms with Gasteiger partial charge in [0.2, 0.25) is 5.91 Å². The molecule has 0 aliphatic rings. The van der Waals surface area contributed by atoms with Crippen molar-refractivity contribution in [3.63, 3.8) is 0 Å². The molecule has 0 aliphatic carbocycles. The Bertz CT molecular complexity index is 476. The van der Waals surface area contributed by atoms with Crippen LogP contribution in [0, 0.1) is 6.92 Å². The molecule has 7 heteroatoms. The number of ether oxygens (including phenoxy) is 1. The Balaban J connectivity index is 2.26. The third-order valence-corrected chi connectivity index (χ3v) is 2.62. The topological polar surface area (TPSA) is 87.6 Å². The van der Waals surface area contributed by atoms with Crippen molar-refractivity contribution < 1.29 is 9.53 Å².